The fraction of sp³-hybridized carbons (Fsp3) is 0.533. The van der Waals surface area contributed by atoms with Crippen LogP contribution in [0.4, 0.5) is 0 Å². The topological polar surface area (TPSA) is 49.4 Å². The van der Waals surface area contributed by atoms with Gasteiger partial charge in [0, 0.05) is 42.1 Å². The number of hydrogen-bond acceptors (Lipinski definition) is 3. The van der Waals surface area contributed by atoms with Crippen molar-refractivity contribution in [3.05, 3.63) is 29.8 Å². The predicted octanol–water partition coefficient (Wildman–Crippen LogP) is 1.80. The van der Waals surface area contributed by atoms with E-state index >= 15 is 0 Å². The van der Waals surface area contributed by atoms with Crippen LogP contribution in [0.25, 0.3) is 0 Å². The molecule has 0 aliphatic carbocycles. The second-order valence-corrected chi connectivity index (χ2v) is 6.72. The van der Waals surface area contributed by atoms with E-state index in [4.69, 9.17) is 0 Å². The molecule has 1 N–H and O–H groups in total. The molecule has 6 heteroatoms. The van der Waals surface area contributed by atoms with Crippen molar-refractivity contribution in [2.45, 2.75) is 24.3 Å². The Morgan fingerprint density at radius 1 is 1.38 bits per heavy atom. The Morgan fingerprint density at radius 3 is 2.57 bits per heavy atom. The molecule has 0 radical (unpaired) electrons. The summed E-state index contributed by atoms with van der Waals surface area (Å²) < 4.78 is 11.3. The second kappa shape index (κ2) is 8.51. The summed E-state index contributed by atoms with van der Waals surface area (Å²) in [6, 6.07) is 7.62. The monoisotopic (exact) mass is 330 g/mol. The quantitative estimate of drug-likeness (QED) is 0.916. The fourth-order valence-corrected chi connectivity index (χ4v) is 3.03. The normalized spacial score (nSPS) is 19.4. The van der Waals surface area contributed by atoms with Crippen molar-refractivity contribution in [2.75, 3.05) is 26.4 Å². The van der Waals surface area contributed by atoms with Crippen LogP contribution in [0, 0.1) is 5.92 Å². The Bertz CT molecular complexity index is 487. The molecule has 1 aliphatic rings. The van der Waals surface area contributed by atoms with Gasteiger partial charge in [-0.3, -0.25) is 9.00 Å². The zero-order chi connectivity index (χ0) is 14.5. The Hall–Kier alpha value is -0.910. The van der Waals surface area contributed by atoms with Crippen molar-refractivity contribution < 1.29 is 9.00 Å². The molecule has 1 aromatic rings. The fourth-order valence-electron chi connectivity index (χ4n) is 2.51. The number of carbonyl (C=O) groups excluding carboxylic acids is 1. The number of piperidine rings is 1. The minimum atomic E-state index is -0.951. The minimum Gasteiger partial charge on any atom is -0.341 e. The van der Waals surface area contributed by atoms with Gasteiger partial charge in [0.2, 0.25) is 5.91 Å². The minimum absolute atomic E-state index is 0. The van der Waals surface area contributed by atoms with Gasteiger partial charge in [0.15, 0.2) is 0 Å². The molecule has 2 unspecified atom stereocenters. The number of nitrogens with zero attached hydrogens (tertiary/aromatic N) is 1. The van der Waals surface area contributed by atoms with E-state index in [1.165, 1.54) is 0 Å². The third-order valence-corrected chi connectivity index (χ3v) is 4.63. The molecule has 4 nitrogen and oxygen atoms in total. The average Bonchev–Trinajstić information content (AvgIpc) is 2.48. The molecule has 21 heavy (non-hydrogen) atoms. The highest BCUT2D eigenvalue weighted by Gasteiger charge is 2.23. The van der Waals surface area contributed by atoms with E-state index in [0.29, 0.717) is 6.54 Å². The molecule has 2 atom stereocenters. The van der Waals surface area contributed by atoms with Gasteiger partial charge in [-0.2, -0.15) is 0 Å². The molecule has 0 saturated carbocycles. The van der Waals surface area contributed by atoms with Crippen LogP contribution in [0.2, 0.25) is 0 Å². The van der Waals surface area contributed by atoms with Gasteiger partial charge in [0.05, 0.1) is 5.92 Å². The summed E-state index contributed by atoms with van der Waals surface area (Å²) in [5.41, 5.74) is 1.07. The SMILES string of the molecule is CN(Cc1ccc(S(C)=O)cc1)C(=O)C1CCCNC1.Cl. The number of hydrogen-bond donors (Lipinski definition) is 1. The first kappa shape index (κ1) is 18.1. The number of nitrogens with one attached hydrogen (secondary N) is 1. The van der Waals surface area contributed by atoms with Gasteiger partial charge in [-0.25, -0.2) is 0 Å². The Morgan fingerprint density at radius 2 is 2.05 bits per heavy atom. The highest BCUT2D eigenvalue weighted by atomic mass is 35.5. The molecular formula is C15H23ClN2O2S. The van der Waals surface area contributed by atoms with E-state index in [2.05, 4.69) is 5.32 Å². The predicted molar refractivity (Wildman–Crippen MR) is 88.1 cm³/mol. The van der Waals surface area contributed by atoms with Gasteiger partial charge >= 0.3 is 0 Å². The van der Waals surface area contributed by atoms with Crippen molar-refractivity contribution in [1.82, 2.24) is 10.2 Å². The maximum absolute atomic E-state index is 12.3. The molecule has 1 aliphatic heterocycles. The van der Waals surface area contributed by atoms with E-state index < -0.39 is 10.8 Å². The third-order valence-electron chi connectivity index (χ3n) is 3.70. The molecule has 1 heterocycles. The van der Waals surface area contributed by atoms with E-state index in [9.17, 15) is 9.00 Å². The summed E-state index contributed by atoms with van der Waals surface area (Å²) in [6.45, 7) is 2.41. The maximum atomic E-state index is 12.3. The summed E-state index contributed by atoms with van der Waals surface area (Å²) in [6.07, 6.45) is 3.71. The summed E-state index contributed by atoms with van der Waals surface area (Å²) >= 11 is 0. The van der Waals surface area contributed by atoms with Crippen LogP contribution in [0.5, 0.6) is 0 Å². The van der Waals surface area contributed by atoms with Crippen LogP contribution in [0.15, 0.2) is 29.2 Å². The second-order valence-electron chi connectivity index (χ2n) is 5.34. The summed E-state index contributed by atoms with van der Waals surface area (Å²) in [4.78, 5) is 14.9. The molecule has 0 bridgehead atoms. The molecule has 2 rings (SSSR count). The largest absolute Gasteiger partial charge is 0.341 e. The number of carbonyl (C=O) groups is 1. The van der Waals surface area contributed by atoms with Crippen LogP contribution >= 0.6 is 12.4 Å². The first-order chi connectivity index (χ1) is 9.58. The third kappa shape index (κ3) is 5.09. The lowest BCUT2D eigenvalue weighted by Crippen LogP contribution is -2.41. The Labute approximate surface area is 135 Å². The number of benzene rings is 1. The van der Waals surface area contributed by atoms with Crippen molar-refractivity contribution in [3.8, 4) is 0 Å². The average molecular weight is 331 g/mol. The zero-order valence-electron chi connectivity index (χ0n) is 12.5. The van der Waals surface area contributed by atoms with Gasteiger partial charge in [-0.05, 0) is 37.1 Å². The number of rotatable bonds is 4. The van der Waals surface area contributed by atoms with E-state index in [1.807, 2.05) is 31.3 Å². The zero-order valence-corrected chi connectivity index (χ0v) is 14.1. The van der Waals surface area contributed by atoms with Crippen LogP contribution in [0.3, 0.4) is 0 Å². The highest BCUT2D eigenvalue weighted by molar-refractivity contribution is 7.84. The maximum Gasteiger partial charge on any atom is 0.227 e. The molecule has 118 valence electrons. The summed E-state index contributed by atoms with van der Waals surface area (Å²) in [7, 11) is 0.899. The van der Waals surface area contributed by atoms with Crippen LogP contribution in [0.1, 0.15) is 18.4 Å². The molecule has 1 amide bonds. The van der Waals surface area contributed by atoms with Crippen LogP contribution in [-0.2, 0) is 22.1 Å². The van der Waals surface area contributed by atoms with Gasteiger partial charge < -0.3 is 10.2 Å². The molecule has 1 fully saturated rings. The van der Waals surface area contributed by atoms with E-state index in [1.54, 1.807) is 11.2 Å². The van der Waals surface area contributed by atoms with E-state index in [0.717, 1.165) is 36.4 Å². The Kier molecular flexibility index (Phi) is 7.35. The molecule has 0 aromatic heterocycles. The van der Waals surface area contributed by atoms with Crippen molar-refractivity contribution >= 4 is 29.1 Å². The van der Waals surface area contributed by atoms with Crippen molar-refractivity contribution in [1.29, 1.82) is 0 Å². The first-order valence-electron chi connectivity index (χ1n) is 6.96. The molecule has 1 saturated heterocycles. The van der Waals surface area contributed by atoms with Gasteiger partial charge in [0.1, 0.15) is 0 Å². The lowest BCUT2D eigenvalue weighted by Gasteiger charge is -2.27. The van der Waals surface area contributed by atoms with Crippen molar-refractivity contribution in [3.63, 3.8) is 0 Å². The summed E-state index contributed by atoms with van der Waals surface area (Å²) in [5.74, 6) is 0.316. The van der Waals surface area contributed by atoms with E-state index in [-0.39, 0.29) is 24.2 Å². The number of halogens is 1. The highest BCUT2D eigenvalue weighted by Crippen LogP contribution is 2.15. The van der Waals surface area contributed by atoms with Crippen molar-refractivity contribution in [2.24, 2.45) is 5.92 Å². The Balaban J connectivity index is 0.00000220. The van der Waals surface area contributed by atoms with Gasteiger partial charge in [0.25, 0.3) is 0 Å². The number of amides is 1. The summed E-state index contributed by atoms with van der Waals surface area (Å²) in [5, 5.41) is 3.27. The molecule has 1 aromatic carbocycles. The van der Waals surface area contributed by atoms with Gasteiger partial charge in [-0.15, -0.1) is 12.4 Å². The van der Waals surface area contributed by atoms with Crippen LogP contribution in [-0.4, -0.2) is 41.4 Å². The lowest BCUT2D eigenvalue weighted by molar-refractivity contribution is -0.135. The van der Waals surface area contributed by atoms with Crippen LogP contribution < -0.4 is 5.32 Å². The van der Waals surface area contributed by atoms with Gasteiger partial charge in [-0.1, -0.05) is 12.1 Å². The lowest BCUT2D eigenvalue weighted by atomic mass is 9.98. The molecular weight excluding hydrogens is 308 g/mol. The standard InChI is InChI=1S/C15H22N2O2S.ClH/c1-17(15(18)13-4-3-9-16-10-13)11-12-5-7-14(8-6-12)20(2)19;/h5-8,13,16H,3-4,9-11H2,1-2H3;1H. The smallest absolute Gasteiger partial charge is 0.227 e. The first-order valence-corrected chi connectivity index (χ1v) is 8.52. The molecule has 0 spiro atoms.